The molecule has 2 rings (SSSR count). The third-order valence-electron chi connectivity index (χ3n) is 3.63. The van der Waals surface area contributed by atoms with E-state index < -0.39 is 12.7 Å². The molecule has 1 fully saturated rings. The Morgan fingerprint density at radius 3 is 2.75 bits per heavy atom. The van der Waals surface area contributed by atoms with Crippen LogP contribution in [0.15, 0.2) is 35.2 Å². The fraction of sp³-hybridized carbons (Fsp3) is 0.562. The number of carbonyl (C=O) groups excluding carboxylic acids is 1. The predicted octanol–water partition coefficient (Wildman–Crippen LogP) is 3.10. The smallest absolute Gasteiger partial charge is 0.338 e. The van der Waals surface area contributed by atoms with Gasteiger partial charge >= 0.3 is 12.2 Å². The lowest BCUT2D eigenvalue weighted by Gasteiger charge is -2.18. The van der Waals surface area contributed by atoms with E-state index in [9.17, 15) is 18.0 Å². The number of benzene rings is 1. The van der Waals surface area contributed by atoms with E-state index in [4.69, 9.17) is 0 Å². The number of likely N-dealkylation sites (tertiary alicyclic amines) is 1. The molecule has 1 aromatic rings. The van der Waals surface area contributed by atoms with Crippen LogP contribution in [0.2, 0.25) is 0 Å². The molecule has 0 aliphatic carbocycles. The number of carbonyl (C=O) groups is 1. The Bertz CT molecular complexity index is 513. The number of rotatable bonds is 7. The molecule has 8 heteroatoms. The summed E-state index contributed by atoms with van der Waals surface area (Å²) in [4.78, 5) is 14.3. The maximum Gasteiger partial charge on any atom is 0.401 e. The first-order valence-corrected chi connectivity index (χ1v) is 8.92. The zero-order valence-electron chi connectivity index (χ0n) is 13.3. The third-order valence-corrected chi connectivity index (χ3v) is 4.73. The monoisotopic (exact) mass is 361 g/mol. The highest BCUT2D eigenvalue weighted by Gasteiger charge is 2.34. The Morgan fingerprint density at radius 1 is 1.29 bits per heavy atom. The molecule has 1 aliphatic rings. The van der Waals surface area contributed by atoms with Crippen molar-refractivity contribution in [3.05, 3.63) is 30.3 Å². The van der Waals surface area contributed by atoms with Crippen molar-refractivity contribution in [1.82, 2.24) is 15.5 Å². The standard InChI is InChI=1S/C16H22F3N3OS/c17-16(18,19)12-22-9-7-13(11-22)21-15(23)20-8-4-10-24-14-5-2-1-3-6-14/h1-3,5-6,13H,4,7-12H2,(H2,20,21,23). The SMILES string of the molecule is O=C(NCCCSc1ccccc1)NC1CCN(CC(F)(F)F)C1. The van der Waals surface area contributed by atoms with Crippen LogP contribution in [0.25, 0.3) is 0 Å². The number of thioether (sulfide) groups is 1. The number of amides is 2. The summed E-state index contributed by atoms with van der Waals surface area (Å²) in [7, 11) is 0. The zero-order chi connectivity index (χ0) is 17.4. The van der Waals surface area contributed by atoms with Crippen molar-refractivity contribution in [1.29, 1.82) is 0 Å². The minimum atomic E-state index is -4.19. The molecule has 0 aromatic heterocycles. The van der Waals surface area contributed by atoms with Gasteiger partial charge in [0, 0.05) is 30.6 Å². The van der Waals surface area contributed by atoms with E-state index in [1.54, 1.807) is 11.8 Å². The van der Waals surface area contributed by atoms with E-state index in [-0.39, 0.29) is 18.6 Å². The predicted molar refractivity (Wildman–Crippen MR) is 89.2 cm³/mol. The molecule has 0 radical (unpaired) electrons. The van der Waals surface area contributed by atoms with Gasteiger partial charge in [0.2, 0.25) is 0 Å². The lowest BCUT2D eigenvalue weighted by molar-refractivity contribution is -0.143. The van der Waals surface area contributed by atoms with Crippen LogP contribution in [0, 0.1) is 0 Å². The highest BCUT2D eigenvalue weighted by atomic mass is 32.2. The van der Waals surface area contributed by atoms with Gasteiger partial charge in [0.25, 0.3) is 0 Å². The molecule has 1 unspecified atom stereocenters. The lowest BCUT2D eigenvalue weighted by Crippen LogP contribution is -2.44. The maximum atomic E-state index is 12.3. The second-order valence-corrected chi connectivity index (χ2v) is 6.92. The van der Waals surface area contributed by atoms with Gasteiger partial charge in [0.05, 0.1) is 6.54 Å². The maximum absolute atomic E-state index is 12.3. The zero-order valence-corrected chi connectivity index (χ0v) is 14.1. The van der Waals surface area contributed by atoms with Crippen LogP contribution in [0.1, 0.15) is 12.8 Å². The summed E-state index contributed by atoms with van der Waals surface area (Å²) in [5.74, 6) is 0.896. The van der Waals surface area contributed by atoms with E-state index in [0.29, 0.717) is 19.5 Å². The third kappa shape index (κ3) is 7.44. The molecular formula is C16H22F3N3OS. The topological polar surface area (TPSA) is 44.4 Å². The number of alkyl halides is 3. The van der Waals surface area contributed by atoms with Gasteiger partial charge in [-0.2, -0.15) is 13.2 Å². The minimum absolute atomic E-state index is 0.217. The Hall–Kier alpha value is -1.41. The molecule has 1 heterocycles. The molecule has 134 valence electrons. The number of hydrogen-bond acceptors (Lipinski definition) is 3. The minimum Gasteiger partial charge on any atom is -0.338 e. The fourth-order valence-electron chi connectivity index (χ4n) is 2.56. The van der Waals surface area contributed by atoms with Crippen molar-refractivity contribution in [2.24, 2.45) is 0 Å². The number of nitrogens with zero attached hydrogens (tertiary/aromatic N) is 1. The van der Waals surface area contributed by atoms with Gasteiger partial charge in [-0.3, -0.25) is 4.90 Å². The largest absolute Gasteiger partial charge is 0.401 e. The normalized spacial score (nSPS) is 18.5. The Morgan fingerprint density at radius 2 is 2.04 bits per heavy atom. The van der Waals surface area contributed by atoms with Crippen molar-refractivity contribution >= 4 is 17.8 Å². The molecule has 1 aromatic carbocycles. The van der Waals surface area contributed by atoms with Gasteiger partial charge in [0.15, 0.2) is 0 Å². The molecule has 1 saturated heterocycles. The fourth-order valence-corrected chi connectivity index (χ4v) is 3.44. The van der Waals surface area contributed by atoms with E-state index >= 15 is 0 Å². The molecule has 1 atom stereocenters. The molecule has 2 N–H and O–H groups in total. The number of nitrogens with one attached hydrogen (secondary N) is 2. The molecular weight excluding hydrogens is 339 g/mol. The van der Waals surface area contributed by atoms with Crippen molar-refractivity contribution in [3.8, 4) is 0 Å². The average molecular weight is 361 g/mol. The van der Waals surface area contributed by atoms with Crippen LogP contribution < -0.4 is 10.6 Å². The number of halogens is 3. The molecule has 0 bridgehead atoms. The van der Waals surface area contributed by atoms with Gasteiger partial charge in [-0.15, -0.1) is 11.8 Å². The van der Waals surface area contributed by atoms with Crippen LogP contribution in [0.5, 0.6) is 0 Å². The molecule has 0 saturated carbocycles. The lowest BCUT2D eigenvalue weighted by atomic mass is 10.3. The van der Waals surface area contributed by atoms with Crippen LogP contribution >= 0.6 is 11.8 Å². The van der Waals surface area contributed by atoms with Crippen LogP contribution in [-0.2, 0) is 0 Å². The van der Waals surface area contributed by atoms with Crippen molar-refractivity contribution in [3.63, 3.8) is 0 Å². The number of hydrogen-bond donors (Lipinski definition) is 2. The molecule has 4 nitrogen and oxygen atoms in total. The highest BCUT2D eigenvalue weighted by molar-refractivity contribution is 7.99. The Kier molecular flexibility index (Phi) is 7.23. The summed E-state index contributed by atoms with van der Waals surface area (Å²) < 4.78 is 36.9. The summed E-state index contributed by atoms with van der Waals surface area (Å²) in [6.45, 7) is 0.239. The van der Waals surface area contributed by atoms with Crippen LogP contribution in [0.4, 0.5) is 18.0 Å². The highest BCUT2D eigenvalue weighted by Crippen LogP contribution is 2.20. The van der Waals surface area contributed by atoms with E-state index in [0.717, 1.165) is 12.2 Å². The Balaban J connectivity index is 1.54. The molecule has 0 spiro atoms. The quantitative estimate of drug-likeness (QED) is 0.579. The summed E-state index contributed by atoms with van der Waals surface area (Å²) in [6, 6.07) is 9.49. The first-order chi connectivity index (χ1) is 11.4. The summed E-state index contributed by atoms with van der Waals surface area (Å²) in [6.07, 6.45) is -2.81. The van der Waals surface area contributed by atoms with Crippen molar-refractivity contribution in [2.45, 2.75) is 30.0 Å². The second-order valence-electron chi connectivity index (χ2n) is 5.75. The van der Waals surface area contributed by atoms with Crippen LogP contribution in [-0.4, -0.2) is 55.1 Å². The first-order valence-electron chi connectivity index (χ1n) is 7.94. The van der Waals surface area contributed by atoms with E-state index in [1.807, 2.05) is 30.3 Å². The number of urea groups is 1. The van der Waals surface area contributed by atoms with Crippen molar-refractivity contribution < 1.29 is 18.0 Å². The van der Waals surface area contributed by atoms with Crippen molar-refractivity contribution in [2.75, 3.05) is 31.9 Å². The van der Waals surface area contributed by atoms with Gasteiger partial charge in [-0.05, 0) is 30.7 Å². The van der Waals surface area contributed by atoms with Crippen LogP contribution in [0.3, 0.4) is 0 Å². The molecule has 24 heavy (non-hydrogen) atoms. The van der Waals surface area contributed by atoms with Gasteiger partial charge in [-0.1, -0.05) is 18.2 Å². The van der Waals surface area contributed by atoms with Gasteiger partial charge in [0.1, 0.15) is 0 Å². The average Bonchev–Trinajstić information content (AvgIpc) is 2.92. The summed E-state index contributed by atoms with van der Waals surface area (Å²) in [5.41, 5.74) is 0. The van der Waals surface area contributed by atoms with Gasteiger partial charge < -0.3 is 10.6 Å². The molecule has 2 amide bonds. The summed E-state index contributed by atoms with van der Waals surface area (Å²) >= 11 is 1.73. The van der Waals surface area contributed by atoms with E-state index in [1.165, 1.54) is 9.80 Å². The second kappa shape index (κ2) is 9.17. The van der Waals surface area contributed by atoms with Gasteiger partial charge in [-0.25, -0.2) is 4.79 Å². The Labute approximate surface area is 144 Å². The molecule has 1 aliphatic heterocycles. The summed E-state index contributed by atoms with van der Waals surface area (Å²) in [5, 5.41) is 5.49. The van der Waals surface area contributed by atoms with E-state index in [2.05, 4.69) is 10.6 Å². The first kappa shape index (κ1) is 18.9.